The number of urea groups is 1. The molecule has 0 radical (unpaired) electrons. The van der Waals surface area contributed by atoms with Crippen LogP contribution in [0.2, 0.25) is 0 Å². The number of aromatic nitrogens is 1. The predicted molar refractivity (Wildman–Crippen MR) is 99.7 cm³/mol. The Morgan fingerprint density at radius 2 is 2.08 bits per heavy atom. The molecule has 0 aliphatic heterocycles. The summed E-state index contributed by atoms with van der Waals surface area (Å²) in [5.74, 6) is 0.779. The lowest BCUT2D eigenvalue weighted by atomic mass is 10.0. The molecule has 5 nitrogen and oxygen atoms in total. The molecule has 0 saturated heterocycles. The van der Waals surface area contributed by atoms with E-state index >= 15 is 0 Å². The van der Waals surface area contributed by atoms with Gasteiger partial charge in [-0.3, -0.25) is 4.98 Å². The van der Waals surface area contributed by atoms with Crippen LogP contribution >= 0.6 is 0 Å². The van der Waals surface area contributed by atoms with Crippen LogP contribution < -0.4 is 10.1 Å². The lowest BCUT2D eigenvalue weighted by Crippen LogP contribution is -2.42. The topological polar surface area (TPSA) is 54.5 Å². The van der Waals surface area contributed by atoms with Gasteiger partial charge >= 0.3 is 6.03 Å². The van der Waals surface area contributed by atoms with Crippen LogP contribution in [-0.2, 0) is 0 Å². The van der Waals surface area contributed by atoms with E-state index in [1.807, 2.05) is 58.0 Å². The molecule has 0 fully saturated rings. The molecular weight excluding hydrogens is 314 g/mol. The number of nitrogens with zero attached hydrogens (tertiary/aromatic N) is 2. The minimum atomic E-state index is -0.155. The largest absolute Gasteiger partial charge is 0.496 e. The molecule has 0 bridgehead atoms. The standard InChI is InChI=1S/C20H27N3O2/c1-6-23(16(4)17-8-7-11-21-13-17)20(24)22-15(3)18-12-14(2)9-10-19(18)25-5/h7-13,15-16H,6H2,1-5H3,(H,22,24)/t15-,16+/m1/s1. The van der Waals surface area contributed by atoms with Crippen molar-refractivity contribution in [2.75, 3.05) is 13.7 Å². The fraction of sp³-hybridized carbons (Fsp3) is 0.400. The van der Waals surface area contributed by atoms with Crippen molar-refractivity contribution < 1.29 is 9.53 Å². The van der Waals surface area contributed by atoms with Crippen molar-refractivity contribution in [1.29, 1.82) is 0 Å². The average molecular weight is 341 g/mol. The molecule has 1 aromatic heterocycles. The quantitative estimate of drug-likeness (QED) is 0.854. The predicted octanol–water partition coefficient (Wildman–Crippen LogP) is 4.25. The van der Waals surface area contributed by atoms with Crippen molar-refractivity contribution in [2.24, 2.45) is 0 Å². The minimum absolute atomic E-state index is 0.0506. The number of carbonyl (C=O) groups is 1. The second kappa shape index (κ2) is 8.51. The zero-order valence-corrected chi connectivity index (χ0v) is 15.6. The maximum absolute atomic E-state index is 12.8. The van der Waals surface area contributed by atoms with Gasteiger partial charge in [0.05, 0.1) is 19.2 Å². The van der Waals surface area contributed by atoms with E-state index in [1.165, 1.54) is 0 Å². The molecular formula is C20H27N3O2. The van der Waals surface area contributed by atoms with E-state index in [9.17, 15) is 4.79 Å². The summed E-state index contributed by atoms with van der Waals surface area (Å²) in [7, 11) is 1.64. The van der Waals surface area contributed by atoms with Crippen LogP contribution in [0.5, 0.6) is 5.75 Å². The van der Waals surface area contributed by atoms with Crippen molar-refractivity contribution in [2.45, 2.75) is 39.8 Å². The summed E-state index contributed by atoms with van der Waals surface area (Å²) in [5, 5.41) is 3.09. The Bertz CT molecular complexity index is 703. The fourth-order valence-electron chi connectivity index (χ4n) is 2.93. The number of pyridine rings is 1. The van der Waals surface area contributed by atoms with Gasteiger partial charge in [-0.25, -0.2) is 4.79 Å². The van der Waals surface area contributed by atoms with Gasteiger partial charge in [0.15, 0.2) is 0 Å². The lowest BCUT2D eigenvalue weighted by Gasteiger charge is -2.30. The smallest absolute Gasteiger partial charge is 0.318 e. The van der Waals surface area contributed by atoms with E-state index in [0.29, 0.717) is 6.54 Å². The molecule has 0 saturated carbocycles. The molecule has 2 rings (SSSR count). The van der Waals surface area contributed by atoms with Crippen LogP contribution in [-0.4, -0.2) is 29.6 Å². The van der Waals surface area contributed by atoms with Crippen molar-refractivity contribution in [3.63, 3.8) is 0 Å². The summed E-state index contributed by atoms with van der Waals surface area (Å²) in [6, 6.07) is 9.55. The van der Waals surface area contributed by atoms with E-state index in [1.54, 1.807) is 24.4 Å². The first-order valence-electron chi connectivity index (χ1n) is 8.59. The summed E-state index contributed by atoms with van der Waals surface area (Å²) in [4.78, 5) is 18.8. The molecule has 2 aromatic rings. The number of nitrogens with one attached hydrogen (secondary N) is 1. The van der Waals surface area contributed by atoms with Gasteiger partial charge in [0.2, 0.25) is 0 Å². The molecule has 2 atom stereocenters. The maximum Gasteiger partial charge on any atom is 0.318 e. The number of aryl methyl sites for hydroxylation is 1. The number of ether oxygens (including phenoxy) is 1. The lowest BCUT2D eigenvalue weighted by molar-refractivity contribution is 0.179. The van der Waals surface area contributed by atoms with Crippen LogP contribution in [0.1, 0.15) is 49.5 Å². The monoisotopic (exact) mass is 341 g/mol. The first kappa shape index (κ1) is 18.8. The Kier molecular flexibility index (Phi) is 6.39. The number of carbonyl (C=O) groups excluding carboxylic acids is 1. The molecule has 2 amide bonds. The molecule has 134 valence electrons. The Balaban J connectivity index is 2.15. The van der Waals surface area contributed by atoms with Crippen molar-refractivity contribution >= 4 is 6.03 Å². The first-order chi connectivity index (χ1) is 12.0. The molecule has 0 aliphatic rings. The van der Waals surface area contributed by atoms with Crippen LogP contribution in [0.25, 0.3) is 0 Å². The van der Waals surface area contributed by atoms with E-state index in [-0.39, 0.29) is 18.1 Å². The van der Waals surface area contributed by atoms with Crippen LogP contribution in [0, 0.1) is 6.92 Å². The van der Waals surface area contributed by atoms with Crippen LogP contribution in [0.3, 0.4) is 0 Å². The molecule has 0 aliphatic carbocycles. The number of hydrogen-bond acceptors (Lipinski definition) is 3. The zero-order valence-electron chi connectivity index (χ0n) is 15.6. The number of methoxy groups -OCH3 is 1. The third-order valence-electron chi connectivity index (χ3n) is 4.43. The first-order valence-corrected chi connectivity index (χ1v) is 8.59. The van der Waals surface area contributed by atoms with Crippen molar-refractivity contribution in [1.82, 2.24) is 15.2 Å². The van der Waals surface area contributed by atoms with Gasteiger partial charge in [-0.15, -0.1) is 0 Å². The third kappa shape index (κ3) is 4.50. The van der Waals surface area contributed by atoms with E-state index in [0.717, 1.165) is 22.4 Å². The normalized spacial score (nSPS) is 13.0. The van der Waals surface area contributed by atoms with Gasteiger partial charge in [0.1, 0.15) is 5.75 Å². The van der Waals surface area contributed by atoms with Gasteiger partial charge in [0, 0.05) is 24.5 Å². The molecule has 1 aromatic carbocycles. The highest BCUT2D eigenvalue weighted by molar-refractivity contribution is 5.75. The van der Waals surface area contributed by atoms with E-state index in [2.05, 4.69) is 10.3 Å². The highest BCUT2D eigenvalue weighted by Crippen LogP contribution is 2.27. The second-order valence-electron chi connectivity index (χ2n) is 6.16. The zero-order chi connectivity index (χ0) is 18.4. The van der Waals surface area contributed by atoms with Gasteiger partial charge in [0.25, 0.3) is 0 Å². The molecule has 0 unspecified atom stereocenters. The number of benzene rings is 1. The molecule has 5 heteroatoms. The van der Waals surface area contributed by atoms with E-state index < -0.39 is 0 Å². The fourth-order valence-corrected chi connectivity index (χ4v) is 2.93. The number of rotatable bonds is 6. The van der Waals surface area contributed by atoms with Crippen molar-refractivity contribution in [3.8, 4) is 5.75 Å². The van der Waals surface area contributed by atoms with Gasteiger partial charge in [-0.05, 0) is 45.4 Å². The van der Waals surface area contributed by atoms with Crippen LogP contribution in [0.4, 0.5) is 4.79 Å². The highest BCUT2D eigenvalue weighted by atomic mass is 16.5. The second-order valence-corrected chi connectivity index (χ2v) is 6.16. The summed E-state index contributed by atoms with van der Waals surface area (Å²) in [6.07, 6.45) is 3.53. The average Bonchev–Trinajstić information content (AvgIpc) is 2.62. The SMILES string of the molecule is CCN(C(=O)N[C@H](C)c1cc(C)ccc1OC)[C@@H](C)c1cccnc1. The Labute approximate surface area is 150 Å². The highest BCUT2D eigenvalue weighted by Gasteiger charge is 2.22. The Morgan fingerprint density at radius 3 is 2.68 bits per heavy atom. The Hall–Kier alpha value is -2.56. The van der Waals surface area contributed by atoms with E-state index in [4.69, 9.17) is 4.74 Å². The third-order valence-corrected chi connectivity index (χ3v) is 4.43. The van der Waals surface area contributed by atoms with Crippen LogP contribution in [0.15, 0.2) is 42.7 Å². The van der Waals surface area contributed by atoms with Crippen molar-refractivity contribution in [3.05, 3.63) is 59.4 Å². The summed E-state index contributed by atoms with van der Waals surface area (Å²) < 4.78 is 5.43. The number of amides is 2. The molecule has 0 spiro atoms. The number of hydrogen-bond donors (Lipinski definition) is 1. The maximum atomic E-state index is 12.8. The van der Waals surface area contributed by atoms with Gasteiger partial charge < -0.3 is 15.0 Å². The minimum Gasteiger partial charge on any atom is -0.496 e. The molecule has 1 heterocycles. The summed E-state index contributed by atoms with van der Waals surface area (Å²) in [6.45, 7) is 8.60. The molecule has 25 heavy (non-hydrogen) atoms. The molecule has 1 N–H and O–H groups in total. The van der Waals surface area contributed by atoms with Gasteiger partial charge in [-0.2, -0.15) is 0 Å². The Morgan fingerprint density at radius 1 is 1.32 bits per heavy atom. The summed E-state index contributed by atoms with van der Waals surface area (Å²) in [5.41, 5.74) is 3.12. The summed E-state index contributed by atoms with van der Waals surface area (Å²) >= 11 is 0. The van der Waals surface area contributed by atoms with Gasteiger partial charge in [-0.1, -0.05) is 23.8 Å².